The van der Waals surface area contributed by atoms with E-state index in [1.54, 1.807) is 44.6 Å². The lowest BCUT2D eigenvalue weighted by atomic mass is 9.93. The number of ether oxygens (including phenoxy) is 1. The zero-order valence-corrected chi connectivity index (χ0v) is 26.3. The first kappa shape index (κ1) is 32.7. The molecule has 9 nitrogen and oxygen atoms in total. The summed E-state index contributed by atoms with van der Waals surface area (Å²) in [4.78, 5) is 30.5. The van der Waals surface area contributed by atoms with Gasteiger partial charge in [0.1, 0.15) is 6.07 Å². The van der Waals surface area contributed by atoms with E-state index in [9.17, 15) is 28.0 Å². The fraction of sp³-hybridized carbons (Fsp3) is 0.278. The molecule has 1 saturated carbocycles. The van der Waals surface area contributed by atoms with Gasteiger partial charge in [-0.05, 0) is 79.8 Å². The van der Waals surface area contributed by atoms with Gasteiger partial charge in [0.15, 0.2) is 0 Å². The maximum atomic E-state index is 14.3. The number of benzene rings is 2. The smallest absolute Gasteiger partial charge is 0.381 e. The molecule has 6 rings (SSSR count). The Kier molecular flexibility index (Phi) is 9.17. The number of aryl methyl sites for hydroxylation is 1. The minimum atomic E-state index is -4.63. The molecule has 0 aliphatic heterocycles. The molecule has 1 aliphatic rings. The van der Waals surface area contributed by atoms with Crippen LogP contribution in [0.15, 0.2) is 79.3 Å². The molecule has 0 atom stereocenters. The first-order valence-corrected chi connectivity index (χ1v) is 15.5. The Morgan fingerprint density at radius 3 is 2.58 bits per heavy atom. The summed E-state index contributed by atoms with van der Waals surface area (Å²) in [5.41, 5.74) is 1.31. The largest absolute Gasteiger partial charge is 0.417 e. The van der Waals surface area contributed by atoms with Crippen molar-refractivity contribution in [2.24, 2.45) is 7.05 Å². The second kappa shape index (κ2) is 13.5. The van der Waals surface area contributed by atoms with Crippen molar-refractivity contribution in [1.29, 1.82) is 5.26 Å². The molecule has 2 aromatic carbocycles. The van der Waals surface area contributed by atoms with Crippen LogP contribution in [-0.2, 0) is 22.8 Å². The monoisotopic (exact) mass is 654 g/mol. The highest BCUT2D eigenvalue weighted by atomic mass is 19.4. The van der Waals surface area contributed by atoms with Crippen LogP contribution in [0, 0.1) is 11.3 Å². The number of anilines is 1. The molecule has 3 heterocycles. The molecule has 12 heteroatoms. The van der Waals surface area contributed by atoms with Gasteiger partial charge in [0.05, 0.1) is 51.5 Å². The summed E-state index contributed by atoms with van der Waals surface area (Å²) in [6.45, 7) is 0.524. The number of carbonyl (C=O) groups is 2. The highest BCUT2D eigenvalue weighted by Crippen LogP contribution is 2.41. The quantitative estimate of drug-likeness (QED) is 0.136. The summed E-state index contributed by atoms with van der Waals surface area (Å²) >= 11 is 0. The molecule has 1 aliphatic carbocycles. The normalized spacial score (nSPS) is 16.8. The van der Waals surface area contributed by atoms with Crippen molar-refractivity contribution in [2.45, 2.75) is 44.0 Å². The third-order valence-electron chi connectivity index (χ3n) is 8.85. The van der Waals surface area contributed by atoms with Crippen molar-refractivity contribution in [3.05, 3.63) is 102 Å². The molecule has 1 fully saturated rings. The topological polar surface area (TPSA) is 113 Å². The first-order valence-electron chi connectivity index (χ1n) is 15.5. The number of hydrogen-bond donors (Lipinski definition) is 2. The summed E-state index contributed by atoms with van der Waals surface area (Å²) in [5.74, 6) is -0.856. The average molecular weight is 655 g/mol. The molecule has 0 bridgehead atoms. The Bertz CT molecular complexity index is 2080. The number of hydrogen-bond acceptors (Lipinski definition) is 6. The standard InChI is InChI=1S/C36H33F3N6O3/c1-44-21-42-30-18-27(28(19-33(30)44)36(37,38)39)26-5-4-16-45-31(26)13-14-32(45)35(47)22-7-12-29(23(17-22)20-40)43-34(46)6-3-15-41-24-8-10-25(48-2)11-9-24/h3-7,12-14,16-19,21,24-25,41H,8-11,15H2,1-2H3,(H,43,46)/b6-3+/t24-,25-. The van der Waals surface area contributed by atoms with Crippen molar-refractivity contribution in [3.8, 4) is 17.2 Å². The zero-order valence-electron chi connectivity index (χ0n) is 26.3. The van der Waals surface area contributed by atoms with Crippen molar-refractivity contribution in [2.75, 3.05) is 19.0 Å². The minimum Gasteiger partial charge on any atom is -0.381 e. The van der Waals surface area contributed by atoms with Crippen molar-refractivity contribution in [1.82, 2.24) is 19.3 Å². The molecule has 48 heavy (non-hydrogen) atoms. The number of fused-ring (bicyclic) bond motifs is 2. The second-order valence-electron chi connectivity index (χ2n) is 11.8. The van der Waals surface area contributed by atoms with Crippen LogP contribution in [0.25, 0.3) is 27.7 Å². The molecular weight excluding hydrogens is 621 g/mol. The lowest BCUT2D eigenvalue weighted by molar-refractivity contribution is -0.137. The van der Waals surface area contributed by atoms with Crippen LogP contribution in [0.3, 0.4) is 0 Å². The maximum absolute atomic E-state index is 14.3. The van der Waals surface area contributed by atoms with Gasteiger partial charge in [0.25, 0.3) is 0 Å². The number of aromatic nitrogens is 3. The molecule has 5 aromatic rings. The molecule has 246 valence electrons. The van der Waals surface area contributed by atoms with Gasteiger partial charge < -0.3 is 24.3 Å². The molecule has 0 saturated heterocycles. The number of halogens is 3. The molecule has 0 radical (unpaired) electrons. The molecule has 0 unspecified atom stereocenters. The van der Waals surface area contributed by atoms with E-state index in [-0.39, 0.29) is 33.6 Å². The van der Waals surface area contributed by atoms with Crippen LogP contribution in [0.1, 0.15) is 52.9 Å². The lowest BCUT2D eigenvalue weighted by Gasteiger charge is -2.27. The van der Waals surface area contributed by atoms with Gasteiger partial charge in [-0.1, -0.05) is 12.1 Å². The van der Waals surface area contributed by atoms with Crippen LogP contribution < -0.4 is 10.6 Å². The number of pyridine rings is 1. The molecule has 2 N–H and O–H groups in total. The molecular formula is C36H33F3N6O3. The van der Waals surface area contributed by atoms with Crippen LogP contribution in [0.2, 0.25) is 0 Å². The third-order valence-corrected chi connectivity index (χ3v) is 8.85. The number of nitrogens with one attached hydrogen (secondary N) is 2. The lowest BCUT2D eigenvalue weighted by Crippen LogP contribution is -2.35. The summed E-state index contributed by atoms with van der Waals surface area (Å²) in [5, 5.41) is 15.9. The van der Waals surface area contributed by atoms with E-state index >= 15 is 0 Å². The van der Waals surface area contributed by atoms with E-state index in [0.29, 0.717) is 35.2 Å². The summed E-state index contributed by atoms with van der Waals surface area (Å²) in [6.07, 6.45) is 5.88. The summed E-state index contributed by atoms with van der Waals surface area (Å²) in [6, 6.07) is 15.6. The van der Waals surface area contributed by atoms with E-state index < -0.39 is 23.4 Å². The van der Waals surface area contributed by atoms with E-state index in [0.717, 1.165) is 31.7 Å². The van der Waals surface area contributed by atoms with Gasteiger partial charge in [-0.15, -0.1) is 0 Å². The molecule has 3 aromatic heterocycles. The predicted molar refractivity (Wildman–Crippen MR) is 176 cm³/mol. The Morgan fingerprint density at radius 1 is 1.06 bits per heavy atom. The Labute approximate surface area is 274 Å². The number of nitrogens with zero attached hydrogens (tertiary/aromatic N) is 4. The van der Waals surface area contributed by atoms with Crippen LogP contribution in [0.5, 0.6) is 0 Å². The Balaban J connectivity index is 1.20. The van der Waals surface area contributed by atoms with E-state index in [1.165, 1.54) is 51.7 Å². The number of rotatable bonds is 9. The summed E-state index contributed by atoms with van der Waals surface area (Å²) in [7, 11) is 3.36. The van der Waals surface area contributed by atoms with Gasteiger partial charge in [0.2, 0.25) is 11.7 Å². The number of ketones is 1. The first-order chi connectivity index (χ1) is 23.1. The second-order valence-corrected chi connectivity index (χ2v) is 11.8. The maximum Gasteiger partial charge on any atom is 0.417 e. The van der Waals surface area contributed by atoms with Crippen molar-refractivity contribution >= 4 is 33.9 Å². The fourth-order valence-electron chi connectivity index (χ4n) is 6.30. The van der Waals surface area contributed by atoms with Gasteiger partial charge in [-0.3, -0.25) is 9.59 Å². The zero-order chi connectivity index (χ0) is 34.0. The third kappa shape index (κ3) is 6.60. The number of alkyl halides is 3. The SMILES string of the molecule is CO[C@H]1CC[C@H](NC/C=C/C(=O)Nc2ccc(C(=O)c3ccc4c(-c5cc6ncn(C)c6cc5C(F)(F)F)cccn34)cc2C#N)CC1. The van der Waals surface area contributed by atoms with E-state index in [1.807, 2.05) is 6.07 Å². The Morgan fingerprint density at radius 2 is 1.85 bits per heavy atom. The van der Waals surface area contributed by atoms with Crippen LogP contribution in [-0.4, -0.2) is 51.4 Å². The molecule has 0 spiro atoms. The van der Waals surface area contributed by atoms with E-state index in [4.69, 9.17) is 4.74 Å². The number of nitriles is 1. The van der Waals surface area contributed by atoms with Gasteiger partial charge in [-0.2, -0.15) is 18.4 Å². The predicted octanol–water partition coefficient (Wildman–Crippen LogP) is 6.66. The number of imidazole rings is 1. The van der Waals surface area contributed by atoms with E-state index in [2.05, 4.69) is 15.6 Å². The highest BCUT2D eigenvalue weighted by Gasteiger charge is 2.35. The van der Waals surface area contributed by atoms with Gasteiger partial charge in [-0.25, -0.2) is 4.98 Å². The van der Waals surface area contributed by atoms with Crippen LogP contribution >= 0.6 is 0 Å². The highest BCUT2D eigenvalue weighted by molar-refractivity contribution is 6.10. The number of amides is 1. The van der Waals surface area contributed by atoms with Crippen molar-refractivity contribution in [3.63, 3.8) is 0 Å². The van der Waals surface area contributed by atoms with Gasteiger partial charge in [0, 0.05) is 50.1 Å². The minimum absolute atomic E-state index is 0.0534. The fourth-order valence-corrected chi connectivity index (χ4v) is 6.30. The average Bonchev–Trinajstić information content (AvgIpc) is 3.69. The number of carbonyl (C=O) groups excluding carboxylic acids is 2. The number of methoxy groups -OCH3 is 1. The van der Waals surface area contributed by atoms with Gasteiger partial charge >= 0.3 is 6.18 Å². The Hall–Kier alpha value is -5.25. The summed E-state index contributed by atoms with van der Waals surface area (Å²) < 4.78 is 51.2. The van der Waals surface area contributed by atoms with Crippen molar-refractivity contribution < 1.29 is 27.5 Å². The molecule has 1 amide bonds. The van der Waals surface area contributed by atoms with Crippen LogP contribution in [0.4, 0.5) is 18.9 Å².